The first kappa shape index (κ1) is 22.9. The van der Waals surface area contributed by atoms with Gasteiger partial charge in [0, 0.05) is 14.2 Å². The molecule has 0 radical (unpaired) electrons. The lowest BCUT2D eigenvalue weighted by Crippen LogP contribution is -2.49. The lowest BCUT2D eigenvalue weighted by atomic mass is 9.80. The molecule has 1 aliphatic rings. The van der Waals surface area contributed by atoms with Crippen molar-refractivity contribution in [2.75, 3.05) is 20.8 Å². The van der Waals surface area contributed by atoms with Gasteiger partial charge in [0.15, 0.2) is 12.4 Å². The highest BCUT2D eigenvalue weighted by molar-refractivity contribution is 5.74. The van der Waals surface area contributed by atoms with Gasteiger partial charge < -0.3 is 18.9 Å². The van der Waals surface area contributed by atoms with Crippen molar-refractivity contribution < 1.29 is 23.7 Å². The van der Waals surface area contributed by atoms with Crippen LogP contribution in [0.5, 0.6) is 0 Å². The van der Waals surface area contributed by atoms with E-state index in [2.05, 4.69) is 36.4 Å². The molecular formula is C28H28O5. The van der Waals surface area contributed by atoms with Crippen LogP contribution < -0.4 is 0 Å². The molecule has 0 unspecified atom stereocenters. The summed E-state index contributed by atoms with van der Waals surface area (Å²) in [6.45, 7) is 0.208. The van der Waals surface area contributed by atoms with Gasteiger partial charge in [-0.3, -0.25) is 4.79 Å². The van der Waals surface area contributed by atoms with E-state index in [9.17, 15) is 4.79 Å². The number of ether oxygens (including phenoxy) is 4. The molecule has 0 aliphatic carbocycles. The minimum Gasteiger partial charge on any atom is -0.492 e. The van der Waals surface area contributed by atoms with Gasteiger partial charge in [0.05, 0.1) is 18.4 Å². The first-order valence-electron chi connectivity index (χ1n) is 10.9. The molecule has 4 rings (SSSR count). The number of rotatable bonds is 9. The molecule has 5 heteroatoms. The quantitative estimate of drug-likeness (QED) is 0.359. The minimum absolute atomic E-state index is 0.208. The Hall–Kier alpha value is -3.25. The third-order valence-corrected chi connectivity index (χ3v) is 6.04. The Morgan fingerprint density at radius 2 is 1.27 bits per heavy atom. The average Bonchev–Trinajstić information content (AvgIpc) is 2.90. The van der Waals surface area contributed by atoms with Crippen molar-refractivity contribution in [3.8, 4) is 0 Å². The Bertz CT molecular complexity index is 953. The molecular weight excluding hydrogens is 416 g/mol. The Balaban J connectivity index is 1.78. The zero-order chi connectivity index (χ0) is 23.1. The number of methoxy groups -OCH3 is 2. The molecule has 0 N–H and O–H groups in total. The monoisotopic (exact) mass is 444 g/mol. The Morgan fingerprint density at radius 1 is 0.788 bits per heavy atom. The summed E-state index contributed by atoms with van der Waals surface area (Å²) in [4.78, 5) is 11.5. The van der Waals surface area contributed by atoms with E-state index < -0.39 is 23.9 Å². The van der Waals surface area contributed by atoms with Crippen LogP contribution in [0.1, 0.15) is 16.7 Å². The van der Waals surface area contributed by atoms with Gasteiger partial charge in [-0.1, -0.05) is 91.0 Å². The molecule has 0 bridgehead atoms. The van der Waals surface area contributed by atoms with Crippen LogP contribution in [0.15, 0.2) is 103 Å². The van der Waals surface area contributed by atoms with Crippen molar-refractivity contribution in [2.24, 2.45) is 0 Å². The van der Waals surface area contributed by atoms with Crippen LogP contribution in [-0.2, 0) is 29.3 Å². The van der Waals surface area contributed by atoms with Gasteiger partial charge in [0.25, 0.3) is 0 Å². The summed E-state index contributed by atoms with van der Waals surface area (Å²) in [6.07, 6.45) is 0.674. The zero-order valence-electron chi connectivity index (χ0n) is 18.8. The molecule has 33 heavy (non-hydrogen) atoms. The van der Waals surface area contributed by atoms with Gasteiger partial charge >= 0.3 is 0 Å². The van der Waals surface area contributed by atoms with E-state index in [1.807, 2.05) is 54.6 Å². The lowest BCUT2D eigenvalue weighted by Gasteiger charge is -2.40. The first-order valence-corrected chi connectivity index (χ1v) is 10.9. The van der Waals surface area contributed by atoms with Gasteiger partial charge in [0.2, 0.25) is 0 Å². The number of benzene rings is 3. The molecule has 1 aliphatic heterocycles. The standard InChI is InChI=1S/C28H28O5/c1-30-26-21(18-29)19-32-25(27(26)31-2)20-33-28(22-12-6-3-7-13-22,23-14-8-4-9-15-23)24-16-10-5-11-17-24/h3-19,25-27H,20H2,1-2H3/t25-,26-,27+/m1/s1. The molecule has 1 heterocycles. The van der Waals surface area contributed by atoms with Gasteiger partial charge in [-0.05, 0) is 16.7 Å². The summed E-state index contributed by atoms with van der Waals surface area (Å²) in [5.41, 5.74) is 2.53. The summed E-state index contributed by atoms with van der Waals surface area (Å²) < 4.78 is 24.0. The molecule has 0 saturated heterocycles. The number of hydrogen-bond acceptors (Lipinski definition) is 5. The number of carbonyl (C=O) groups is 1. The molecule has 0 amide bonds. The van der Waals surface area contributed by atoms with Gasteiger partial charge in [0.1, 0.15) is 17.8 Å². The van der Waals surface area contributed by atoms with E-state index in [1.54, 1.807) is 14.2 Å². The number of aldehydes is 1. The van der Waals surface area contributed by atoms with E-state index in [0.29, 0.717) is 5.57 Å². The van der Waals surface area contributed by atoms with E-state index in [4.69, 9.17) is 18.9 Å². The predicted molar refractivity (Wildman–Crippen MR) is 126 cm³/mol. The van der Waals surface area contributed by atoms with Crippen molar-refractivity contribution in [3.05, 3.63) is 120 Å². The highest BCUT2D eigenvalue weighted by Gasteiger charge is 2.42. The van der Waals surface area contributed by atoms with Crippen molar-refractivity contribution >= 4 is 6.29 Å². The van der Waals surface area contributed by atoms with Crippen molar-refractivity contribution in [1.29, 1.82) is 0 Å². The van der Waals surface area contributed by atoms with Crippen LogP contribution in [0.4, 0.5) is 0 Å². The SMILES string of the molecule is CO[C@@H]1[C@H](OC)C(C=O)=CO[C@@H]1COC(c1ccccc1)(c1ccccc1)c1ccccc1. The second-order valence-electron chi connectivity index (χ2n) is 7.86. The van der Waals surface area contributed by atoms with Crippen molar-refractivity contribution in [2.45, 2.75) is 23.9 Å². The molecule has 0 aromatic heterocycles. The van der Waals surface area contributed by atoms with Gasteiger partial charge in [-0.15, -0.1) is 0 Å². The number of hydrogen-bond donors (Lipinski definition) is 0. The topological polar surface area (TPSA) is 54.0 Å². The van der Waals surface area contributed by atoms with Crippen molar-refractivity contribution in [1.82, 2.24) is 0 Å². The van der Waals surface area contributed by atoms with Crippen LogP contribution >= 0.6 is 0 Å². The fraction of sp³-hybridized carbons (Fsp3) is 0.250. The zero-order valence-corrected chi connectivity index (χ0v) is 18.8. The fourth-order valence-corrected chi connectivity index (χ4v) is 4.45. The maximum atomic E-state index is 11.5. The van der Waals surface area contributed by atoms with Crippen LogP contribution in [0.3, 0.4) is 0 Å². The van der Waals surface area contributed by atoms with Crippen LogP contribution in [0.2, 0.25) is 0 Å². The maximum absolute atomic E-state index is 11.5. The second kappa shape index (κ2) is 10.6. The summed E-state index contributed by atoms with van der Waals surface area (Å²) in [6, 6.07) is 30.4. The van der Waals surface area contributed by atoms with E-state index >= 15 is 0 Å². The summed E-state index contributed by atoms with van der Waals surface area (Å²) in [7, 11) is 3.14. The Morgan fingerprint density at radius 3 is 1.67 bits per heavy atom. The summed E-state index contributed by atoms with van der Waals surface area (Å²) in [5, 5.41) is 0. The van der Waals surface area contributed by atoms with E-state index in [0.717, 1.165) is 23.0 Å². The van der Waals surface area contributed by atoms with Crippen LogP contribution in [0.25, 0.3) is 0 Å². The van der Waals surface area contributed by atoms with Crippen LogP contribution in [-0.4, -0.2) is 45.4 Å². The number of carbonyl (C=O) groups excluding carboxylic acids is 1. The largest absolute Gasteiger partial charge is 0.492 e. The predicted octanol–water partition coefficient (Wildman–Crippen LogP) is 4.51. The Labute approximate surface area is 194 Å². The molecule has 3 aromatic rings. The molecule has 170 valence electrons. The molecule has 0 saturated carbocycles. The second-order valence-corrected chi connectivity index (χ2v) is 7.86. The van der Waals surface area contributed by atoms with Crippen LogP contribution in [0, 0.1) is 0 Å². The first-order chi connectivity index (χ1) is 16.2. The smallest absolute Gasteiger partial charge is 0.151 e. The molecule has 3 aromatic carbocycles. The van der Waals surface area contributed by atoms with E-state index in [1.165, 1.54) is 6.26 Å². The Kier molecular flexibility index (Phi) is 7.35. The third kappa shape index (κ3) is 4.48. The fourth-order valence-electron chi connectivity index (χ4n) is 4.45. The molecule has 0 fully saturated rings. The molecule has 3 atom stereocenters. The highest BCUT2D eigenvalue weighted by Crippen LogP contribution is 2.41. The van der Waals surface area contributed by atoms with Crippen molar-refractivity contribution in [3.63, 3.8) is 0 Å². The normalized spacial score (nSPS) is 20.5. The summed E-state index contributed by atoms with van der Waals surface area (Å²) in [5.74, 6) is 0. The molecule has 5 nitrogen and oxygen atoms in total. The van der Waals surface area contributed by atoms with Gasteiger partial charge in [-0.2, -0.15) is 0 Å². The minimum atomic E-state index is -0.872. The van der Waals surface area contributed by atoms with E-state index in [-0.39, 0.29) is 6.61 Å². The lowest BCUT2D eigenvalue weighted by molar-refractivity contribution is -0.140. The van der Waals surface area contributed by atoms with Gasteiger partial charge in [-0.25, -0.2) is 0 Å². The third-order valence-electron chi connectivity index (χ3n) is 6.04. The molecule has 0 spiro atoms. The highest BCUT2D eigenvalue weighted by atomic mass is 16.6. The average molecular weight is 445 g/mol. The maximum Gasteiger partial charge on any atom is 0.151 e. The summed E-state index contributed by atoms with van der Waals surface area (Å²) >= 11 is 0.